The number of amides is 3. The van der Waals surface area contributed by atoms with Crippen molar-refractivity contribution in [1.82, 2.24) is 20.7 Å². The van der Waals surface area contributed by atoms with Crippen molar-refractivity contribution in [1.29, 1.82) is 0 Å². The summed E-state index contributed by atoms with van der Waals surface area (Å²) in [6.07, 6.45) is 3.31. The van der Waals surface area contributed by atoms with E-state index in [1.165, 1.54) is 0 Å². The van der Waals surface area contributed by atoms with Gasteiger partial charge in [0.15, 0.2) is 0 Å². The SMILES string of the molecule is CSCCC(NC(=O)N(CCCl)N=O)C(=O)NC1CC(C)(C)N([O])C(C)(C)C1. The molecule has 1 aliphatic heterocycles. The number of carbonyl (C=O) groups excluding carboxylic acids is 2. The molecule has 11 heteroatoms. The highest BCUT2D eigenvalue weighted by molar-refractivity contribution is 7.98. The van der Waals surface area contributed by atoms with Crippen molar-refractivity contribution in [2.45, 2.75) is 70.1 Å². The lowest BCUT2D eigenvalue weighted by Gasteiger charge is -2.50. The average Bonchev–Trinajstić information content (AvgIpc) is 2.60. The molecule has 1 fully saturated rings. The molecule has 1 radical (unpaired) electrons. The number of carbonyl (C=O) groups is 2. The Bertz CT molecular complexity index is 546. The summed E-state index contributed by atoms with van der Waals surface area (Å²) >= 11 is 7.11. The van der Waals surface area contributed by atoms with Gasteiger partial charge in [-0.2, -0.15) is 16.8 Å². The number of halogens is 1. The molecule has 0 bridgehead atoms. The minimum atomic E-state index is -0.809. The molecule has 0 aromatic heterocycles. The van der Waals surface area contributed by atoms with Crippen LogP contribution in [0, 0.1) is 4.91 Å². The molecule has 0 aromatic rings. The van der Waals surface area contributed by atoms with E-state index in [-0.39, 0.29) is 24.4 Å². The number of thioether (sulfide) groups is 1. The first-order valence-corrected chi connectivity index (χ1v) is 11.2. The Morgan fingerprint density at radius 1 is 1.29 bits per heavy atom. The van der Waals surface area contributed by atoms with Gasteiger partial charge in [-0.15, -0.1) is 26.8 Å². The predicted molar refractivity (Wildman–Crippen MR) is 110 cm³/mol. The lowest BCUT2D eigenvalue weighted by Crippen LogP contribution is -2.63. The molecule has 161 valence electrons. The molecule has 1 atom stereocenters. The van der Waals surface area contributed by atoms with Crippen LogP contribution < -0.4 is 10.6 Å². The highest BCUT2D eigenvalue weighted by Gasteiger charge is 2.46. The second kappa shape index (κ2) is 10.6. The molecule has 2 N–H and O–H groups in total. The normalized spacial score (nSPS) is 20.2. The van der Waals surface area contributed by atoms with E-state index in [1.807, 2.05) is 34.0 Å². The zero-order chi connectivity index (χ0) is 21.5. The number of hydrogen-bond donors (Lipinski definition) is 2. The Morgan fingerprint density at radius 3 is 2.32 bits per heavy atom. The van der Waals surface area contributed by atoms with Crippen LogP contribution in [0.1, 0.15) is 47.0 Å². The largest absolute Gasteiger partial charge is 0.351 e. The third-order valence-electron chi connectivity index (χ3n) is 4.79. The van der Waals surface area contributed by atoms with E-state index in [4.69, 9.17) is 11.6 Å². The molecule has 1 unspecified atom stereocenters. The van der Waals surface area contributed by atoms with Crippen molar-refractivity contribution in [2.24, 2.45) is 5.29 Å². The molecular formula is C17H31ClN5O4S. The minimum Gasteiger partial charge on any atom is -0.351 e. The Morgan fingerprint density at radius 2 is 1.86 bits per heavy atom. The quantitative estimate of drug-likeness (QED) is 0.327. The van der Waals surface area contributed by atoms with Gasteiger partial charge in [0, 0.05) is 23.0 Å². The van der Waals surface area contributed by atoms with Crippen LogP contribution in [0.25, 0.3) is 0 Å². The first-order chi connectivity index (χ1) is 13.0. The second-order valence-corrected chi connectivity index (χ2v) is 9.57. The van der Waals surface area contributed by atoms with Crippen LogP contribution in [-0.4, -0.2) is 69.6 Å². The molecule has 1 rings (SSSR count). The number of nitroso groups, excluding NO2 is 1. The Balaban J connectivity index is 2.84. The second-order valence-electron chi connectivity index (χ2n) is 8.21. The Hall–Kier alpha value is -1.10. The fraction of sp³-hybridized carbons (Fsp3) is 0.882. The van der Waals surface area contributed by atoms with E-state index in [1.54, 1.807) is 11.8 Å². The summed E-state index contributed by atoms with van der Waals surface area (Å²) in [5, 5.41) is 22.4. The third-order valence-corrected chi connectivity index (χ3v) is 5.60. The highest BCUT2D eigenvalue weighted by atomic mass is 35.5. The van der Waals surface area contributed by atoms with Crippen molar-refractivity contribution in [2.75, 3.05) is 24.4 Å². The fourth-order valence-corrected chi connectivity index (χ4v) is 4.29. The van der Waals surface area contributed by atoms with Gasteiger partial charge in [0.1, 0.15) is 6.04 Å². The summed E-state index contributed by atoms with van der Waals surface area (Å²) in [6, 6.07) is -1.76. The van der Waals surface area contributed by atoms with E-state index < -0.39 is 23.2 Å². The van der Waals surface area contributed by atoms with Crippen molar-refractivity contribution in [3.8, 4) is 0 Å². The lowest BCUT2D eigenvalue weighted by atomic mass is 9.79. The maximum atomic E-state index is 12.8. The van der Waals surface area contributed by atoms with Crippen LogP contribution in [0.4, 0.5) is 4.79 Å². The predicted octanol–water partition coefficient (Wildman–Crippen LogP) is 2.52. The van der Waals surface area contributed by atoms with E-state index in [0.29, 0.717) is 30.0 Å². The van der Waals surface area contributed by atoms with Gasteiger partial charge in [0.05, 0.1) is 11.8 Å². The average molecular weight is 437 g/mol. The van der Waals surface area contributed by atoms with Crippen molar-refractivity contribution < 1.29 is 14.8 Å². The zero-order valence-corrected chi connectivity index (χ0v) is 18.7. The molecule has 0 spiro atoms. The number of rotatable bonds is 9. The number of hydroxylamine groups is 2. The number of piperidine rings is 1. The van der Waals surface area contributed by atoms with Crippen LogP contribution in [0.15, 0.2) is 5.29 Å². The van der Waals surface area contributed by atoms with Crippen LogP contribution in [-0.2, 0) is 10.0 Å². The highest BCUT2D eigenvalue weighted by Crippen LogP contribution is 2.37. The number of urea groups is 1. The number of alkyl halides is 1. The Labute approximate surface area is 175 Å². The molecule has 3 amide bonds. The van der Waals surface area contributed by atoms with E-state index in [2.05, 4.69) is 15.9 Å². The molecule has 9 nitrogen and oxygen atoms in total. The van der Waals surface area contributed by atoms with Crippen LogP contribution >= 0.6 is 23.4 Å². The maximum absolute atomic E-state index is 12.8. The maximum Gasteiger partial charge on any atom is 0.341 e. The summed E-state index contributed by atoms with van der Waals surface area (Å²) < 4.78 is 0. The van der Waals surface area contributed by atoms with Crippen molar-refractivity contribution in [3.05, 3.63) is 4.91 Å². The van der Waals surface area contributed by atoms with Crippen LogP contribution in [0.3, 0.4) is 0 Å². The third kappa shape index (κ3) is 6.75. The van der Waals surface area contributed by atoms with E-state index in [0.717, 1.165) is 5.06 Å². The molecule has 28 heavy (non-hydrogen) atoms. The first kappa shape index (κ1) is 24.9. The zero-order valence-electron chi connectivity index (χ0n) is 17.2. The minimum absolute atomic E-state index is 0.0436. The van der Waals surface area contributed by atoms with Crippen LogP contribution in [0.2, 0.25) is 0 Å². The van der Waals surface area contributed by atoms with E-state index >= 15 is 0 Å². The van der Waals surface area contributed by atoms with E-state index in [9.17, 15) is 19.7 Å². The van der Waals surface area contributed by atoms with Gasteiger partial charge in [0.25, 0.3) is 0 Å². The van der Waals surface area contributed by atoms with Gasteiger partial charge in [-0.3, -0.25) is 4.79 Å². The summed E-state index contributed by atoms with van der Waals surface area (Å²) in [6.45, 7) is 7.37. The van der Waals surface area contributed by atoms with Crippen molar-refractivity contribution >= 4 is 35.3 Å². The molecule has 1 aliphatic rings. The number of hydrogen-bond acceptors (Lipinski definition) is 6. The van der Waals surface area contributed by atoms with Crippen LogP contribution in [0.5, 0.6) is 0 Å². The van der Waals surface area contributed by atoms with Crippen molar-refractivity contribution in [3.63, 3.8) is 0 Å². The summed E-state index contributed by atoms with van der Waals surface area (Å²) in [5.74, 6) is 0.368. The molecule has 0 saturated carbocycles. The standard InChI is InChI=1S/C17H31ClN5O4S/c1-16(2)10-12(11-17(3,4)23(16)27)19-14(24)13(6-9-28-5)20-15(25)22(21-26)8-7-18/h12-13H,6-11H2,1-5H3,(H,19,24)(H,20,25). The number of nitrogens with zero attached hydrogens (tertiary/aromatic N) is 3. The molecule has 0 aliphatic carbocycles. The molecule has 1 saturated heterocycles. The van der Waals surface area contributed by atoms with Gasteiger partial charge in [-0.25, -0.2) is 4.79 Å². The molecule has 1 heterocycles. The first-order valence-electron chi connectivity index (χ1n) is 9.22. The summed E-state index contributed by atoms with van der Waals surface area (Å²) in [4.78, 5) is 35.9. The van der Waals surface area contributed by atoms with Gasteiger partial charge in [-0.05, 0) is 59.0 Å². The summed E-state index contributed by atoms with van der Waals surface area (Å²) in [5.41, 5.74) is -1.23. The summed E-state index contributed by atoms with van der Waals surface area (Å²) in [7, 11) is 0. The monoisotopic (exact) mass is 436 g/mol. The fourth-order valence-electron chi connectivity index (χ4n) is 3.65. The molecule has 0 aromatic carbocycles. The molecular weight excluding hydrogens is 406 g/mol. The Kier molecular flexibility index (Phi) is 9.45. The smallest absolute Gasteiger partial charge is 0.341 e. The van der Waals surface area contributed by atoms with Gasteiger partial charge in [-0.1, -0.05) is 0 Å². The van der Waals surface area contributed by atoms with Gasteiger partial charge in [0.2, 0.25) is 5.91 Å². The van der Waals surface area contributed by atoms with Gasteiger partial charge >= 0.3 is 6.03 Å². The topological polar surface area (TPSA) is 114 Å². The lowest BCUT2D eigenvalue weighted by molar-refractivity contribution is -0.290. The van der Waals surface area contributed by atoms with Gasteiger partial charge < -0.3 is 10.6 Å². The number of nitrogens with one attached hydrogen (secondary N) is 2.